The number of carbonyl (C=O) groups is 2. The van der Waals surface area contributed by atoms with Gasteiger partial charge in [0.05, 0.1) is 37.6 Å². The summed E-state index contributed by atoms with van der Waals surface area (Å²) in [5.41, 5.74) is 3.59. The van der Waals surface area contributed by atoms with Crippen LogP contribution in [0.15, 0.2) is 152 Å². The quantitative estimate of drug-likeness (QED) is 0.0973. The summed E-state index contributed by atoms with van der Waals surface area (Å²) in [6, 6.07) is 46.5. The Hall–Kier alpha value is -5.24. The normalized spacial score (nSPS) is 24.4. The van der Waals surface area contributed by atoms with Gasteiger partial charge < -0.3 is 43.0 Å². The third-order valence-corrected chi connectivity index (χ3v) is 10.00. The molecule has 2 fully saturated rings. The van der Waals surface area contributed by atoms with Gasteiger partial charge in [-0.2, -0.15) is 0 Å². The number of hydrogen-bond donors (Lipinski definition) is 1. The molecule has 7 rings (SSSR count). The van der Waals surface area contributed by atoms with Crippen molar-refractivity contribution in [1.82, 2.24) is 0 Å². The van der Waals surface area contributed by atoms with Gasteiger partial charge in [0.15, 0.2) is 12.6 Å². The van der Waals surface area contributed by atoms with E-state index in [0.717, 1.165) is 16.7 Å². The van der Waals surface area contributed by atoms with E-state index in [9.17, 15) is 14.7 Å². The number of rotatable bonds is 17. The number of aliphatic hydroxyl groups is 1. The standard InChI is InChI=1S/C47H48O11/c48-45(36-22-12-4-13-23-36)55-31-39-38(57-46(49)37-24-14-5-15-25-37)26-27-41(56-39)51-32-40-42(52-28-33-16-6-1-7-17-33)43(53-29-34-18-8-2-9-19-34)44(47(50)58-40)54-30-35-20-10-3-11-21-35/h1-25,38-44,47,50H,26-32H2/t38-,39-,40-,41-,42-,43+,44-,47+/m1/s1. The van der Waals surface area contributed by atoms with Crippen LogP contribution < -0.4 is 0 Å². The minimum absolute atomic E-state index is 0.0528. The van der Waals surface area contributed by atoms with E-state index in [-0.39, 0.29) is 33.0 Å². The number of ether oxygens (including phenoxy) is 8. The van der Waals surface area contributed by atoms with Crippen molar-refractivity contribution in [1.29, 1.82) is 0 Å². The summed E-state index contributed by atoms with van der Waals surface area (Å²) >= 11 is 0. The van der Waals surface area contributed by atoms with Crippen LogP contribution in [0.1, 0.15) is 50.2 Å². The van der Waals surface area contributed by atoms with Gasteiger partial charge in [0.25, 0.3) is 0 Å². The number of hydrogen-bond acceptors (Lipinski definition) is 11. The molecule has 0 spiro atoms. The zero-order valence-corrected chi connectivity index (χ0v) is 32.0. The van der Waals surface area contributed by atoms with Crippen LogP contribution in [0.5, 0.6) is 0 Å². The van der Waals surface area contributed by atoms with Gasteiger partial charge >= 0.3 is 11.9 Å². The fourth-order valence-corrected chi connectivity index (χ4v) is 6.94. The molecule has 0 bridgehead atoms. The van der Waals surface area contributed by atoms with E-state index in [1.54, 1.807) is 48.5 Å². The zero-order chi connectivity index (χ0) is 39.9. The average Bonchev–Trinajstić information content (AvgIpc) is 3.28. The number of aliphatic hydroxyl groups excluding tert-OH is 1. The lowest BCUT2D eigenvalue weighted by Crippen LogP contribution is -2.61. The van der Waals surface area contributed by atoms with Crippen molar-refractivity contribution in [2.75, 3.05) is 13.2 Å². The highest BCUT2D eigenvalue weighted by molar-refractivity contribution is 5.90. The molecule has 0 radical (unpaired) electrons. The predicted octanol–water partition coefficient (Wildman–Crippen LogP) is 7.06. The summed E-state index contributed by atoms with van der Waals surface area (Å²) in [6.07, 6.45) is -6.24. The first-order valence-electron chi connectivity index (χ1n) is 19.6. The first-order valence-corrected chi connectivity index (χ1v) is 19.6. The van der Waals surface area contributed by atoms with Gasteiger partial charge in [-0.1, -0.05) is 127 Å². The van der Waals surface area contributed by atoms with Crippen molar-refractivity contribution in [2.45, 2.75) is 81.9 Å². The molecule has 0 amide bonds. The molecule has 2 heterocycles. The summed E-state index contributed by atoms with van der Waals surface area (Å²) in [5.74, 6) is -1.05. The molecule has 302 valence electrons. The van der Waals surface area contributed by atoms with Crippen molar-refractivity contribution in [2.24, 2.45) is 0 Å². The molecule has 5 aromatic carbocycles. The first kappa shape index (κ1) is 40.9. The summed E-state index contributed by atoms with van der Waals surface area (Å²) in [6.45, 7) is 0.452. The van der Waals surface area contributed by atoms with E-state index in [2.05, 4.69) is 0 Å². The highest BCUT2D eigenvalue weighted by Gasteiger charge is 2.48. The second-order valence-electron chi connectivity index (χ2n) is 14.1. The average molecular weight is 789 g/mol. The molecule has 0 aliphatic carbocycles. The Morgan fingerprint density at radius 2 is 0.966 bits per heavy atom. The van der Waals surface area contributed by atoms with Crippen molar-refractivity contribution >= 4 is 11.9 Å². The molecule has 5 aromatic rings. The Balaban J connectivity index is 1.07. The van der Waals surface area contributed by atoms with Crippen LogP contribution in [0.4, 0.5) is 0 Å². The van der Waals surface area contributed by atoms with Crippen LogP contribution in [-0.4, -0.2) is 79.5 Å². The molecule has 2 aliphatic heterocycles. The lowest BCUT2D eigenvalue weighted by atomic mass is 9.98. The zero-order valence-electron chi connectivity index (χ0n) is 32.0. The molecule has 2 saturated heterocycles. The minimum atomic E-state index is -1.38. The third kappa shape index (κ3) is 11.5. The maximum absolute atomic E-state index is 13.1. The fourth-order valence-electron chi connectivity index (χ4n) is 6.94. The Morgan fingerprint density at radius 1 is 0.500 bits per heavy atom. The molecular weight excluding hydrogens is 741 g/mol. The van der Waals surface area contributed by atoms with Crippen molar-refractivity contribution < 1.29 is 52.6 Å². The predicted molar refractivity (Wildman–Crippen MR) is 212 cm³/mol. The topological polar surface area (TPSA) is 128 Å². The smallest absolute Gasteiger partial charge is 0.338 e. The van der Waals surface area contributed by atoms with Gasteiger partial charge in [-0.05, 0) is 47.4 Å². The molecule has 2 aliphatic rings. The Kier molecular flexibility index (Phi) is 14.8. The van der Waals surface area contributed by atoms with Crippen molar-refractivity contribution in [3.05, 3.63) is 179 Å². The van der Waals surface area contributed by atoms with Gasteiger partial charge in [-0.25, -0.2) is 9.59 Å². The first-order chi connectivity index (χ1) is 28.5. The van der Waals surface area contributed by atoms with Gasteiger partial charge in [0, 0.05) is 6.42 Å². The summed E-state index contributed by atoms with van der Waals surface area (Å²) in [7, 11) is 0. The number of esters is 2. The van der Waals surface area contributed by atoms with Gasteiger partial charge in [0.2, 0.25) is 0 Å². The summed E-state index contributed by atoms with van der Waals surface area (Å²) < 4.78 is 50.1. The van der Waals surface area contributed by atoms with E-state index in [4.69, 9.17) is 37.9 Å². The van der Waals surface area contributed by atoms with E-state index in [1.807, 2.05) is 103 Å². The molecule has 0 unspecified atom stereocenters. The van der Waals surface area contributed by atoms with Crippen molar-refractivity contribution in [3.8, 4) is 0 Å². The lowest BCUT2D eigenvalue weighted by Gasteiger charge is -2.45. The van der Waals surface area contributed by atoms with Crippen molar-refractivity contribution in [3.63, 3.8) is 0 Å². The molecular formula is C47H48O11. The molecule has 8 atom stereocenters. The Bertz CT molecular complexity index is 1970. The maximum Gasteiger partial charge on any atom is 0.338 e. The van der Waals surface area contributed by atoms with Crippen LogP contribution in [-0.2, 0) is 57.7 Å². The van der Waals surface area contributed by atoms with Crippen LogP contribution >= 0.6 is 0 Å². The van der Waals surface area contributed by atoms with E-state index < -0.39 is 61.1 Å². The van der Waals surface area contributed by atoms with E-state index >= 15 is 0 Å². The monoisotopic (exact) mass is 788 g/mol. The molecule has 0 aromatic heterocycles. The largest absolute Gasteiger partial charge is 0.459 e. The van der Waals surface area contributed by atoms with Crippen LogP contribution in [0.3, 0.4) is 0 Å². The van der Waals surface area contributed by atoms with Gasteiger partial charge in [-0.15, -0.1) is 0 Å². The highest BCUT2D eigenvalue weighted by Crippen LogP contribution is 2.32. The summed E-state index contributed by atoms with van der Waals surface area (Å²) in [5, 5.41) is 11.5. The summed E-state index contributed by atoms with van der Waals surface area (Å²) in [4.78, 5) is 26.0. The SMILES string of the molecule is O=C(OC[C@H]1O[C@@H](OC[C@H]2O[C@H](O)[C@H](OCc3ccccc3)[C@@H](OCc3ccccc3)[C@@H]2OCc2ccccc2)CC[C@H]1OC(=O)c1ccccc1)c1ccccc1. The molecule has 1 N–H and O–H groups in total. The molecule has 11 nitrogen and oxygen atoms in total. The second kappa shape index (κ2) is 21.0. The fraction of sp³-hybridized carbons (Fsp3) is 0.319. The van der Waals surface area contributed by atoms with E-state index in [0.29, 0.717) is 24.0 Å². The number of carbonyl (C=O) groups excluding carboxylic acids is 2. The van der Waals surface area contributed by atoms with Gasteiger partial charge in [0.1, 0.15) is 43.2 Å². The molecule has 11 heteroatoms. The highest BCUT2D eigenvalue weighted by atomic mass is 16.7. The lowest BCUT2D eigenvalue weighted by molar-refractivity contribution is -0.325. The number of benzene rings is 5. The van der Waals surface area contributed by atoms with Crippen LogP contribution in [0.2, 0.25) is 0 Å². The van der Waals surface area contributed by atoms with Gasteiger partial charge in [-0.3, -0.25) is 0 Å². The minimum Gasteiger partial charge on any atom is -0.459 e. The molecule has 0 saturated carbocycles. The molecule has 58 heavy (non-hydrogen) atoms. The van der Waals surface area contributed by atoms with E-state index in [1.165, 1.54) is 0 Å². The maximum atomic E-state index is 13.1. The second-order valence-corrected chi connectivity index (χ2v) is 14.1. The third-order valence-electron chi connectivity index (χ3n) is 10.00. The Labute approximate surface area is 338 Å². The Morgan fingerprint density at radius 3 is 1.50 bits per heavy atom. The van der Waals surface area contributed by atoms with Crippen LogP contribution in [0, 0.1) is 0 Å². The van der Waals surface area contributed by atoms with Crippen LogP contribution in [0.25, 0.3) is 0 Å².